The van der Waals surface area contributed by atoms with Crippen molar-refractivity contribution in [2.75, 3.05) is 13.1 Å². The van der Waals surface area contributed by atoms with Gasteiger partial charge in [-0.3, -0.25) is 19.4 Å². The van der Waals surface area contributed by atoms with Gasteiger partial charge >= 0.3 is 6.09 Å². The van der Waals surface area contributed by atoms with E-state index in [4.69, 9.17) is 4.74 Å². The summed E-state index contributed by atoms with van der Waals surface area (Å²) in [5, 5.41) is 1.03. The summed E-state index contributed by atoms with van der Waals surface area (Å²) in [6.07, 6.45) is 6.82. The predicted octanol–water partition coefficient (Wildman–Crippen LogP) is 5.50. The molecule has 0 aliphatic rings. The van der Waals surface area contributed by atoms with Gasteiger partial charge in [-0.05, 0) is 56.7 Å². The molecule has 0 fully saturated rings. The highest BCUT2D eigenvalue weighted by Gasteiger charge is 2.21. The molecule has 0 saturated carbocycles. The van der Waals surface area contributed by atoms with E-state index in [0.29, 0.717) is 6.54 Å². The van der Waals surface area contributed by atoms with E-state index >= 15 is 0 Å². The maximum Gasteiger partial charge on any atom is 0.419 e. The molecule has 0 bridgehead atoms. The Morgan fingerprint density at radius 3 is 2.09 bits per heavy atom. The second kappa shape index (κ2) is 10.6. The standard InChI is InChI=1S/C28H32N4O2/c1-28(2,3)34-27(33)32-20-13-22-9-8-10-23(26(22)32)21-31(18-14-24-11-4-6-16-29-24)19-15-25-12-5-7-17-30-25/h4-13,16-17,20H,14-15,18-19,21H2,1-3H3. The van der Waals surface area contributed by atoms with Crippen molar-refractivity contribution in [3.05, 3.63) is 96.2 Å². The van der Waals surface area contributed by atoms with Crippen LogP contribution in [0.15, 0.2) is 79.3 Å². The SMILES string of the molecule is CC(C)(C)OC(=O)n1ccc2cccc(CN(CCc3ccccn3)CCc3ccccn3)c21. The number of para-hydroxylation sites is 1. The molecule has 0 spiro atoms. The first-order valence-corrected chi connectivity index (χ1v) is 11.7. The van der Waals surface area contributed by atoms with Gasteiger partial charge in [0.1, 0.15) is 5.60 Å². The Morgan fingerprint density at radius 1 is 0.882 bits per heavy atom. The number of nitrogens with zero attached hydrogens (tertiary/aromatic N) is 4. The number of rotatable bonds is 8. The summed E-state index contributed by atoms with van der Waals surface area (Å²) in [6, 6.07) is 20.2. The number of aromatic nitrogens is 3. The largest absolute Gasteiger partial charge is 0.443 e. The lowest BCUT2D eigenvalue weighted by Crippen LogP contribution is -2.29. The minimum atomic E-state index is -0.556. The summed E-state index contributed by atoms with van der Waals surface area (Å²) in [5.74, 6) is 0. The number of carbonyl (C=O) groups excluding carboxylic acids is 1. The highest BCUT2D eigenvalue weighted by molar-refractivity contribution is 5.91. The molecule has 3 aromatic heterocycles. The van der Waals surface area contributed by atoms with E-state index in [1.54, 1.807) is 10.8 Å². The number of hydrogen-bond acceptors (Lipinski definition) is 5. The van der Waals surface area contributed by atoms with Gasteiger partial charge in [0.15, 0.2) is 0 Å². The van der Waals surface area contributed by atoms with E-state index in [1.807, 2.05) is 75.6 Å². The number of carbonyl (C=O) groups is 1. The third-order valence-corrected chi connectivity index (χ3v) is 5.60. The lowest BCUT2D eigenvalue weighted by molar-refractivity contribution is 0.0544. The second-order valence-corrected chi connectivity index (χ2v) is 9.44. The van der Waals surface area contributed by atoms with Crippen LogP contribution in [-0.2, 0) is 24.1 Å². The van der Waals surface area contributed by atoms with Crippen LogP contribution < -0.4 is 0 Å². The van der Waals surface area contributed by atoms with Crippen molar-refractivity contribution in [1.29, 1.82) is 0 Å². The van der Waals surface area contributed by atoms with Gasteiger partial charge in [-0.1, -0.05) is 30.3 Å². The molecule has 0 unspecified atom stereocenters. The minimum Gasteiger partial charge on any atom is -0.443 e. The zero-order valence-electron chi connectivity index (χ0n) is 20.1. The molecule has 6 nitrogen and oxygen atoms in total. The molecule has 0 N–H and O–H groups in total. The number of hydrogen-bond donors (Lipinski definition) is 0. The highest BCUT2D eigenvalue weighted by Crippen LogP contribution is 2.23. The van der Waals surface area contributed by atoms with Gasteiger partial charge in [0, 0.05) is 67.8 Å². The van der Waals surface area contributed by atoms with E-state index in [1.165, 1.54) is 0 Å². The topological polar surface area (TPSA) is 60.2 Å². The highest BCUT2D eigenvalue weighted by atomic mass is 16.6. The minimum absolute atomic E-state index is 0.358. The Hall–Kier alpha value is -3.51. The molecular weight excluding hydrogens is 424 g/mol. The van der Waals surface area contributed by atoms with E-state index in [0.717, 1.165) is 53.8 Å². The van der Waals surface area contributed by atoms with Crippen molar-refractivity contribution < 1.29 is 9.53 Å². The summed E-state index contributed by atoms with van der Waals surface area (Å²) in [4.78, 5) is 24.3. The molecule has 0 saturated heterocycles. The van der Waals surface area contributed by atoms with Crippen LogP contribution in [0.5, 0.6) is 0 Å². The number of fused-ring (bicyclic) bond motifs is 1. The molecule has 4 aromatic rings. The zero-order valence-corrected chi connectivity index (χ0v) is 20.1. The first-order chi connectivity index (χ1) is 16.4. The van der Waals surface area contributed by atoms with Crippen molar-refractivity contribution in [1.82, 2.24) is 19.4 Å². The van der Waals surface area contributed by atoms with Gasteiger partial charge in [-0.2, -0.15) is 0 Å². The Balaban J connectivity index is 1.58. The van der Waals surface area contributed by atoms with Gasteiger partial charge in [0.2, 0.25) is 0 Å². The molecule has 3 heterocycles. The molecular formula is C28H32N4O2. The Morgan fingerprint density at radius 2 is 1.53 bits per heavy atom. The van der Waals surface area contributed by atoms with E-state index in [2.05, 4.69) is 33.1 Å². The Bertz CT molecular complexity index is 1170. The molecule has 4 rings (SSSR count). The van der Waals surface area contributed by atoms with Crippen molar-refractivity contribution in [3.63, 3.8) is 0 Å². The first-order valence-electron chi connectivity index (χ1n) is 11.7. The van der Waals surface area contributed by atoms with Crippen LogP contribution in [0.1, 0.15) is 37.7 Å². The summed E-state index contributed by atoms with van der Waals surface area (Å²) in [5.41, 5.74) is 3.58. The third-order valence-electron chi connectivity index (χ3n) is 5.60. The molecule has 0 aliphatic carbocycles. The summed E-state index contributed by atoms with van der Waals surface area (Å²) in [7, 11) is 0. The average Bonchev–Trinajstić information content (AvgIpc) is 3.26. The molecule has 176 valence electrons. The average molecular weight is 457 g/mol. The first kappa shape index (κ1) is 23.6. The number of pyridine rings is 2. The van der Waals surface area contributed by atoms with Crippen LogP contribution in [0.4, 0.5) is 4.79 Å². The van der Waals surface area contributed by atoms with Gasteiger partial charge in [-0.15, -0.1) is 0 Å². The molecule has 0 aliphatic heterocycles. The molecule has 0 radical (unpaired) electrons. The van der Waals surface area contributed by atoms with Crippen LogP contribution in [0.2, 0.25) is 0 Å². The maximum absolute atomic E-state index is 12.9. The molecule has 34 heavy (non-hydrogen) atoms. The van der Waals surface area contributed by atoms with Crippen LogP contribution in [0.25, 0.3) is 10.9 Å². The van der Waals surface area contributed by atoms with Crippen LogP contribution in [0.3, 0.4) is 0 Å². The van der Waals surface area contributed by atoms with Crippen molar-refractivity contribution in [2.24, 2.45) is 0 Å². The zero-order chi connectivity index (χ0) is 24.0. The van der Waals surface area contributed by atoms with E-state index in [9.17, 15) is 4.79 Å². The van der Waals surface area contributed by atoms with Crippen molar-refractivity contribution in [3.8, 4) is 0 Å². The van der Waals surface area contributed by atoms with Gasteiger partial charge < -0.3 is 4.74 Å². The maximum atomic E-state index is 12.9. The predicted molar refractivity (Wildman–Crippen MR) is 135 cm³/mol. The number of benzene rings is 1. The summed E-state index contributed by atoms with van der Waals surface area (Å²) in [6.45, 7) is 8.07. The van der Waals surface area contributed by atoms with Gasteiger partial charge in [-0.25, -0.2) is 4.79 Å². The van der Waals surface area contributed by atoms with Gasteiger partial charge in [0.25, 0.3) is 0 Å². The lowest BCUT2D eigenvalue weighted by Gasteiger charge is -2.24. The monoisotopic (exact) mass is 456 g/mol. The smallest absolute Gasteiger partial charge is 0.419 e. The fourth-order valence-electron chi connectivity index (χ4n) is 4.01. The van der Waals surface area contributed by atoms with E-state index in [-0.39, 0.29) is 6.09 Å². The van der Waals surface area contributed by atoms with Crippen molar-refractivity contribution >= 4 is 17.0 Å². The van der Waals surface area contributed by atoms with E-state index < -0.39 is 5.60 Å². The fourth-order valence-corrected chi connectivity index (χ4v) is 4.01. The number of ether oxygens (including phenoxy) is 1. The van der Waals surface area contributed by atoms with Crippen LogP contribution in [0, 0.1) is 0 Å². The molecule has 6 heteroatoms. The summed E-state index contributed by atoms with van der Waals surface area (Å²) >= 11 is 0. The van der Waals surface area contributed by atoms with Gasteiger partial charge in [0.05, 0.1) is 5.52 Å². The second-order valence-electron chi connectivity index (χ2n) is 9.44. The fraction of sp³-hybridized carbons (Fsp3) is 0.321. The van der Waals surface area contributed by atoms with Crippen molar-refractivity contribution in [2.45, 2.75) is 45.8 Å². The van der Waals surface area contributed by atoms with Crippen LogP contribution in [-0.4, -0.2) is 44.2 Å². The quantitative estimate of drug-likeness (QED) is 0.350. The molecule has 1 aromatic carbocycles. The van der Waals surface area contributed by atoms with Crippen LogP contribution >= 0.6 is 0 Å². The molecule has 0 amide bonds. The Kier molecular flexibility index (Phi) is 7.38. The normalized spacial score (nSPS) is 11.8. The summed E-state index contributed by atoms with van der Waals surface area (Å²) < 4.78 is 7.29. The lowest BCUT2D eigenvalue weighted by atomic mass is 10.1. The Labute approximate surface area is 201 Å². The molecule has 0 atom stereocenters. The third kappa shape index (κ3) is 6.29.